The predicted octanol–water partition coefficient (Wildman–Crippen LogP) is -0.401. The monoisotopic (exact) mass is 182 g/mol. The van der Waals surface area contributed by atoms with Gasteiger partial charge >= 0.3 is 60.5 Å². The fourth-order valence-corrected chi connectivity index (χ4v) is 3.30. The van der Waals surface area contributed by atoms with E-state index in [4.69, 9.17) is 0 Å². The number of hydrogen-bond acceptors (Lipinski definition) is 1. The van der Waals surface area contributed by atoms with Crippen molar-refractivity contribution in [1.29, 1.82) is 0 Å². The van der Waals surface area contributed by atoms with Gasteiger partial charge in [-0.3, -0.25) is 0 Å². The van der Waals surface area contributed by atoms with Gasteiger partial charge in [0.2, 0.25) is 0 Å². The molecule has 0 aromatic rings. The summed E-state index contributed by atoms with van der Waals surface area (Å²) < 4.78 is 1.75. The normalized spacial score (nSPS) is 24.0. The minimum atomic E-state index is 0.470. The molecule has 2 heteroatoms. The SMILES string of the molecule is C1=[As]=C2CCNCC2=C1. The molecule has 0 aliphatic carbocycles. The van der Waals surface area contributed by atoms with Gasteiger partial charge in [-0.1, -0.05) is 0 Å². The molecule has 1 N–H and O–H groups in total. The maximum absolute atomic E-state index is 3.36. The molecule has 0 amide bonds. The van der Waals surface area contributed by atoms with E-state index in [1.54, 1.807) is 9.88 Å². The van der Waals surface area contributed by atoms with Crippen LogP contribution >= 0.6 is 0 Å². The molecule has 2 rings (SSSR count). The fourth-order valence-electron chi connectivity index (χ4n) is 1.21. The van der Waals surface area contributed by atoms with Crippen LogP contribution in [0.4, 0.5) is 0 Å². The van der Waals surface area contributed by atoms with E-state index in [9.17, 15) is 0 Å². The molecule has 0 unspecified atom stereocenters. The third kappa shape index (κ3) is 0.996. The topological polar surface area (TPSA) is 12.0 Å². The van der Waals surface area contributed by atoms with Crippen LogP contribution in [-0.2, 0) is 0 Å². The third-order valence-electron chi connectivity index (χ3n) is 1.73. The van der Waals surface area contributed by atoms with Crippen LogP contribution in [0.25, 0.3) is 0 Å². The van der Waals surface area contributed by atoms with Crippen molar-refractivity contribution >= 4 is 24.0 Å². The number of allylic oxidation sites excluding steroid dienone is 1. The number of piperidine rings is 1. The molecule has 47 valence electrons. The van der Waals surface area contributed by atoms with Crippen molar-refractivity contribution in [2.75, 3.05) is 13.1 Å². The van der Waals surface area contributed by atoms with E-state index < -0.39 is 0 Å². The average molecular weight is 182 g/mol. The molecule has 1 nitrogen and oxygen atoms in total. The fraction of sp³-hybridized carbons (Fsp3) is 0.429. The zero-order valence-electron chi connectivity index (χ0n) is 5.22. The van der Waals surface area contributed by atoms with Crippen LogP contribution in [0.3, 0.4) is 0 Å². The van der Waals surface area contributed by atoms with Crippen LogP contribution < -0.4 is 5.32 Å². The summed E-state index contributed by atoms with van der Waals surface area (Å²) in [6, 6.07) is 0. The van der Waals surface area contributed by atoms with Gasteiger partial charge < -0.3 is 0 Å². The standard InChI is InChI=1S/C7H9AsN/c1-3-8-7-2-4-9-5-6(1)7/h1,3,9H,2,4-5H2. The predicted molar refractivity (Wildman–Crippen MR) is 42.4 cm³/mol. The maximum atomic E-state index is 3.36. The van der Waals surface area contributed by atoms with Crippen molar-refractivity contribution in [3.8, 4) is 0 Å². The number of hydrogen-bond donors (Lipinski definition) is 1. The van der Waals surface area contributed by atoms with Crippen LogP contribution in [0.1, 0.15) is 6.42 Å². The Morgan fingerprint density at radius 3 is 3.44 bits per heavy atom. The molecule has 0 aromatic carbocycles. The molecule has 1 fully saturated rings. The summed E-state index contributed by atoms with van der Waals surface area (Å²) in [5.41, 5.74) is 1.58. The van der Waals surface area contributed by atoms with Gasteiger partial charge in [0.1, 0.15) is 0 Å². The van der Waals surface area contributed by atoms with Crippen LogP contribution in [-0.4, -0.2) is 37.1 Å². The first-order valence-electron chi connectivity index (χ1n) is 3.27. The van der Waals surface area contributed by atoms with Crippen molar-refractivity contribution < 1.29 is 0 Å². The Labute approximate surface area is 60.9 Å². The van der Waals surface area contributed by atoms with Crippen molar-refractivity contribution in [1.82, 2.24) is 5.32 Å². The van der Waals surface area contributed by atoms with Crippen LogP contribution in [0.15, 0.2) is 11.6 Å². The zero-order valence-corrected chi connectivity index (χ0v) is 7.10. The van der Waals surface area contributed by atoms with E-state index in [2.05, 4.69) is 16.2 Å². The van der Waals surface area contributed by atoms with Gasteiger partial charge in [0.15, 0.2) is 0 Å². The van der Waals surface area contributed by atoms with Crippen molar-refractivity contribution in [3.05, 3.63) is 11.6 Å². The summed E-state index contributed by atoms with van der Waals surface area (Å²) in [6.07, 6.45) is 3.60. The third-order valence-corrected chi connectivity index (χ3v) is 4.08. The molecule has 1 radical (unpaired) electrons. The summed E-state index contributed by atoms with van der Waals surface area (Å²) in [6.45, 7) is 2.33. The van der Waals surface area contributed by atoms with Gasteiger partial charge in [0.05, 0.1) is 0 Å². The molecule has 1 saturated heterocycles. The first-order valence-corrected chi connectivity index (χ1v) is 5.29. The Morgan fingerprint density at radius 1 is 1.56 bits per heavy atom. The van der Waals surface area contributed by atoms with Gasteiger partial charge in [-0.05, 0) is 0 Å². The van der Waals surface area contributed by atoms with Crippen molar-refractivity contribution in [2.45, 2.75) is 6.42 Å². The van der Waals surface area contributed by atoms with Gasteiger partial charge in [0.25, 0.3) is 0 Å². The van der Waals surface area contributed by atoms with Gasteiger partial charge in [-0.25, -0.2) is 0 Å². The van der Waals surface area contributed by atoms with Crippen molar-refractivity contribution in [3.63, 3.8) is 0 Å². The number of fused-ring (bicyclic) bond motifs is 1. The van der Waals surface area contributed by atoms with E-state index in [1.807, 2.05) is 0 Å². The summed E-state index contributed by atoms with van der Waals surface area (Å²) in [7, 11) is 0. The second kappa shape index (κ2) is 2.32. The van der Waals surface area contributed by atoms with E-state index >= 15 is 0 Å². The minimum absolute atomic E-state index is 0.470. The van der Waals surface area contributed by atoms with Gasteiger partial charge in [-0.2, -0.15) is 0 Å². The Morgan fingerprint density at radius 2 is 2.56 bits per heavy atom. The molecule has 2 heterocycles. The van der Waals surface area contributed by atoms with Crippen molar-refractivity contribution in [2.24, 2.45) is 0 Å². The summed E-state index contributed by atoms with van der Waals surface area (Å²) in [5, 5.41) is 3.36. The molecular formula is C7H9AsN. The summed E-state index contributed by atoms with van der Waals surface area (Å²) in [4.78, 5) is 2.36. The first-order chi connectivity index (χ1) is 4.47. The Hall–Kier alpha value is -0.00156. The van der Waals surface area contributed by atoms with Crippen LogP contribution in [0, 0.1) is 0 Å². The molecule has 2 aliphatic rings. The molecule has 2 aliphatic heterocycles. The Kier molecular flexibility index (Phi) is 1.48. The summed E-state index contributed by atoms with van der Waals surface area (Å²) >= 11 is 0.470. The molecule has 0 atom stereocenters. The second-order valence-electron chi connectivity index (χ2n) is 2.34. The molecule has 0 bridgehead atoms. The molecule has 0 aromatic heterocycles. The van der Waals surface area contributed by atoms with E-state index in [1.165, 1.54) is 13.0 Å². The average Bonchev–Trinajstić information content (AvgIpc) is 2.33. The van der Waals surface area contributed by atoms with E-state index in [0.717, 1.165) is 6.54 Å². The zero-order chi connectivity index (χ0) is 6.10. The molecular weight excluding hydrogens is 173 g/mol. The second-order valence-corrected chi connectivity index (χ2v) is 4.64. The molecule has 9 heavy (non-hydrogen) atoms. The molecule has 0 spiro atoms. The Balaban J connectivity index is 2.30. The van der Waals surface area contributed by atoms with Gasteiger partial charge in [-0.15, -0.1) is 0 Å². The van der Waals surface area contributed by atoms with Crippen LogP contribution in [0.5, 0.6) is 0 Å². The molecule has 0 saturated carbocycles. The Bertz CT molecular complexity index is 221. The quantitative estimate of drug-likeness (QED) is 0.502. The first kappa shape index (κ1) is 5.76. The van der Waals surface area contributed by atoms with Gasteiger partial charge in [0, 0.05) is 0 Å². The number of rotatable bonds is 0. The van der Waals surface area contributed by atoms with E-state index in [-0.39, 0.29) is 0 Å². The van der Waals surface area contributed by atoms with E-state index in [0.29, 0.717) is 14.9 Å². The summed E-state index contributed by atoms with van der Waals surface area (Å²) in [5.74, 6) is 0. The van der Waals surface area contributed by atoms with Crippen LogP contribution in [0.2, 0.25) is 0 Å². The number of nitrogens with one attached hydrogen (secondary N) is 1.